The van der Waals surface area contributed by atoms with Gasteiger partial charge >= 0.3 is 0 Å². The number of nitrogens with two attached hydrogens (primary N) is 1. The van der Waals surface area contributed by atoms with Gasteiger partial charge in [-0.05, 0) is 24.3 Å². The number of carbonyl (C=O) groups excluding carboxylic acids is 2. The molecule has 0 aliphatic heterocycles. The smallest absolute Gasteiger partial charge is 0.205 e. The molecule has 0 atom stereocenters. The van der Waals surface area contributed by atoms with E-state index in [2.05, 4.69) is 0 Å². The van der Waals surface area contributed by atoms with Crippen molar-refractivity contribution in [1.82, 2.24) is 0 Å². The summed E-state index contributed by atoms with van der Waals surface area (Å²) in [7, 11) is 0. The summed E-state index contributed by atoms with van der Waals surface area (Å²) in [5.41, 5.74) is 2.28. The predicted octanol–water partition coefficient (Wildman–Crippen LogP) is 3.96. The van der Waals surface area contributed by atoms with Gasteiger partial charge in [0.25, 0.3) is 0 Å². The van der Waals surface area contributed by atoms with Gasteiger partial charge in [0.1, 0.15) is 11.5 Å². The first-order valence-electron chi connectivity index (χ1n) is 7.97. The van der Waals surface area contributed by atoms with E-state index in [-0.39, 0.29) is 11.4 Å². The summed E-state index contributed by atoms with van der Waals surface area (Å²) >= 11 is 0. The van der Waals surface area contributed by atoms with Gasteiger partial charge in [-0.25, -0.2) is 8.78 Å². The average Bonchev–Trinajstić information content (AvgIpc) is 2.68. The van der Waals surface area contributed by atoms with Crippen LogP contribution in [0.1, 0.15) is 31.8 Å². The zero-order chi connectivity index (χ0) is 20.2. The molecule has 3 aromatic rings. The molecule has 0 radical (unpaired) electrons. The van der Waals surface area contributed by atoms with E-state index < -0.39 is 62.8 Å². The van der Waals surface area contributed by atoms with Crippen molar-refractivity contribution < 1.29 is 32.6 Å². The minimum absolute atomic E-state index is 0.00760. The Bertz CT molecular complexity index is 1180. The summed E-state index contributed by atoms with van der Waals surface area (Å²) in [5.74, 6) is -9.30. The van der Waals surface area contributed by atoms with E-state index >= 15 is 4.39 Å². The monoisotopic (exact) mass is 385 g/mol. The van der Waals surface area contributed by atoms with E-state index in [0.29, 0.717) is 0 Å². The molecule has 0 saturated carbocycles. The van der Waals surface area contributed by atoms with Crippen molar-refractivity contribution in [3.05, 3.63) is 82.2 Å². The number of nitrogen functional groups attached to an aromatic ring is 1. The minimum Gasteiger partial charge on any atom is -0.507 e. The second-order valence-electron chi connectivity index (χ2n) is 6.02. The molecule has 5 nitrogen and oxygen atoms in total. The van der Waals surface area contributed by atoms with E-state index in [1.165, 1.54) is 24.3 Å². The largest absolute Gasteiger partial charge is 0.507 e. The fourth-order valence-electron chi connectivity index (χ4n) is 3.09. The molecule has 1 aliphatic rings. The van der Waals surface area contributed by atoms with E-state index in [0.717, 1.165) is 12.1 Å². The zero-order valence-corrected chi connectivity index (χ0v) is 13.9. The molecule has 0 aromatic heterocycles. The molecule has 1 aliphatic carbocycles. The highest BCUT2D eigenvalue weighted by Crippen LogP contribution is 2.42. The second kappa shape index (κ2) is 6.12. The number of para-hydroxylation sites is 1. The number of anilines is 1. The highest BCUT2D eigenvalue weighted by atomic mass is 19.2. The van der Waals surface area contributed by atoms with Crippen LogP contribution in [0.25, 0.3) is 0 Å². The van der Waals surface area contributed by atoms with Gasteiger partial charge in [0, 0.05) is 5.69 Å². The van der Waals surface area contributed by atoms with Crippen LogP contribution in [-0.2, 0) is 0 Å². The van der Waals surface area contributed by atoms with Crippen LogP contribution in [-0.4, -0.2) is 16.7 Å². The molecule has 0 amide bonds. The maximum absolute atomic E-state index is 15.0. The lowest BCUT2D eigenvalue weighted by atomic mass is 9.82. The van der Waals surface area contributed by atoms with Gasteiger partial charge in [-0.2, -0.15) is 4.39 Å². The van der Waals surface area contributed by atoms with Crippen molar-refractivity contribution in [2.45, 2.75) is 0 Å². The molecule has 3 aromatic carbocycles. The van der Waals surface area contributed by atoms with Crippen LogP contribution in [0.3, 0.4) is 0 Å². The van der Waals surface area contributed by atoms with Crippen molar-refractivity contribution in [1.29, 1.82) is 0 Å². The molecule has 0 unspecified atom stereocenters. The van der Waals surface area contributed by atoms with Gasteiger partial charge in [0.2, 0.25) is 17.3 Å². The fraction of sp³-hybridized carbons (Fsp3) is 0. The lowest BCUT2D eigenvalue weighted by Gasteiger charge is -2.22. The summed E-state index contributed by atoms with van der Waals surface area (Å²) in [4.78, 5) is 25.4. The van der Waals surface area contributed by atoms with Crippen molar-refractivity contribution in [2.75, 3.05) is 5.73 Å². The molecule has 0 saturated heterocycles. The SMILES string of the molecule is Nc1ccc(O)c2c1C(=O)c1c(F)c(Oc3ccccc3)c(F)c(F)c1C2=O. The number of ketones is 2. The zero-order valence-electron chi connectivity index (χ0n) is 13.9. The Labute approximate surface area is 155 Å². The number of phenols is 1. The number of phenolic OH excluding ortho intramolecular Hbond substituents is 1. The van der Waals surface area contributed by atoms with Crippen LogP contribution in [0.4, 0.5) is 18.9 Å². The van der Waals surface area contributed by atoms with Gasteiger partial charge in [0.15, 0.2) is 17.4 Å². The Morgan fingerprint density at radius 2 is 1.36 bits per heavy atom. The Kier molecular flexibility index (Phi) is 3.85. The van der Waals surface area contributed by atoms with Crippen molar-refractivity contribution in [2.24, 2.45) is 0 Å². The maximum Gasteiger partial charge on any atom is 0.205 e. The van der Waals surface area contributed by atoms with Crippen LogP contribution >= 0.6 is 0 Å². The number of hydrogen-bond donors (Lipinski definition) is 2. The molecule has 8 heteroatoms. The van der Waals surface area contributed by atoms with Crippen LogP contribution in [0, 0.1) is 17.5 Å². The third-order valence-corrected chi connectivity index (χ3v) is 4.37. The third kappa shape index (κ3) is 2.34. The maximum atomic E-state index is 15.0. The van der Waals surface area contributed by atoms with Crippen LogP contribution in [0.5, 0.6) is 17.2 Å². The Balaban J connectivity index is 2.00. The van der Waals surface area contributed by atoms with Crippen molar-refractivity contribution in [3.63, 3.8) is 0 Å². The standard InChI is InChI=1S/C20H10F3NO4/c21-15-13-14(16(22)20(17(15)23)28-8-4-2-1-3-5-8)18(26)11-9(24)6-7-10(25)12(11)19(13)27/h1-7,25H,24H2. The highest BCUT2D eigenvalue weighted by molar-refractivity contribution is 6.31. The normalized spacial score (nSPS) is 12.5. The van der Waals surface area contributed by atoms with Crippen molar-refractivity contribution >= 4 is 17.3 Å². The highest BCUT2D eigenvalue weighted by Gasteiger charge is 2.41. The molecule has 4 rings (SSSR count). The van der Waals surface area contributed by atoms with E-state index in [1.807, 2.05) is 0 Å². The number of fused-ring (bicyclic) bond motifs is 2. The molecule has 140 valence electrons. The van der Waals surface area contributed by atoms with E-state index in [1.54, 1.807) is 6.07 Å². The Morgan fingerprint density at radius 3 is 2.04 bits per heavy atom. The van der Waals surface area contributed by atoms with Crippen LogP contribution in [0.2, 0.25) is 0 Å². The number of carbonyl (C=O) groups is 2. The lowest BCUT2D eigenvalue weighted by molar-refractivity contribution is 0.0968. The molecule has 0 spiro atoms. The summed E-state index contributed by atoms with van der Waals surface area (Å²) in [6.45, 7) is 0. The number of aromatic hydroxyl groups is 1. The number of halogens is 3. The number of benzene rings is 3. The summed E-state index contributed by atoms with van der Waals surface area (Å²) in [5, 5.41) is 9.91. The molecule has 28 heavy (non-hydrogen) atoms. The molecule has 0 fully saturated rings. The lowest BCUT2D eigenvalue weighted by Crippen LogP contribution is -2.26. The van der Waals surface area contributed by atoms with Crippen LogP contribution in [0.15, 0.2) is 42.5 Å². The fourth-order valence-corrected chi connectivity index (χ4v) is 3.09. The first-order valence-corrected chi connectivity index (χ1v) is 7.97. The molecular formula is C20H10F3NO4. The first kappa shape index (κ1) is 17.6. The number of ether oxygens (including phenoxy) is 1. The number of hydrogen-bond acceptors (Lipinski definition) is 5. The third-order valence-electron chi connectivity index (χ3n) is 4.37. The van der Waals surface area contributed by atoms with Crippen LogP contribution < -0.4 is 10.5 Å². The predicted molar refractivity (Wildman–Crippen MR) is 92.2 cm³/mol. The van der Waals surface area contributed by atoms with Crippen molar-refractivity contribution in [3.8, 4) is 17.2 Å². The summed E-state index contributed by atoms with van der Waals surface area (Å²) in [6, 6.07) is 9.58. The first-order chi connectivity index (χ1) is 13.3. The molecule has 0 heterocycles. The molecular weight excluding hydrogens is 375 g/mol. The van der Waals surface area contributed by atoms with E-state index in [9.17, 15) is 23.5 Å². The molecule has 3 N–H and O–H groups in total. The van der Waals surface area contributed by atoms with Gasteiger partial charge in [-0.1, -0.05) is 18.2 Å². The van der Waals surface area contributed by atoms with Gasteiger partial charge in [0.05, 0.1) is 22.3 Å². The quantitative estimate of drug-likeness (QED) is 0.310. The average molecular weight is 385 g/mol. The summed E-state index contributed by atoms with van der Waals surface area (Å²) in [6.07, 6.45) is 0. The van der Waals surface area contributed by atoms with E-state index in [4.69, 9.17) is 10.5 Å². The summed E-state index contributed by atoms with van der Waals surface area (Å²) < 4.78 is 49.3. The number of rotatable bonds is 2. The minimum atomic E-state index is -1.77. The Hall–Kier alpha value is -3.81. The van der Waals surface area contributed by atoms with Gasteiger partial charge < -0.3 is 15.6 Å². The topological polar surface area (TPSA) is 89.6 Å². The van der Waals surface area contributed by atoms with Gasteiger partial charge in [-0.3, -0.25) is 9.59 Å². The van der Waals surface area contributed by atoms with Gasteiger partial charge in [-0.15, -0.1) is 0 Å². The second-order valence-corrected chi connectivity index (χ2v) is 6.02. The Morgan fingerprint density at radius 1 is 0.750 bits per heavy atom. The molecule has 0 bridgehead atoms.